The molecule has 0 fully saturated rings. The van der Waals surface area contributed by atoms with E-state index in [1.165, 1.54) is 4.90 Å². The zero-order valence-corrected chi connectivity index (χ0v) is 15.3. The highest BCUT2D eigenvalue weighted by molar-refractivity contribution is 6.35. The monoisotopic (exact) mass is 371 g/mol. The summed E-state index contributed by atoms with van der Waals surface area (Å²) in [5.41, 5.74) is 2.08. The molecule has 0 saturated heterocycles. The number of nitrogens with zero attached hydrogens (tertiary/aromatic N) is 1. The lowest BCUT2D eigenvalue weighted by molar-refractivity contribution is -0.130. The molecule has 0 spiro atoms. The Kier molecular flexibility index (Phi) is 3.43. The fraction of sp³-hybridized carbons (Fsp3) is 0.174. The van der Waals surface area contributed by atoms with Crippen LogP contribution in [0.1, 0.15) is 13.3 Å². The first-order valence-corrected chi connectivity index (χ1v) is 9.18. The summed E-state index contributed by atoms with van der Waals surface area (Å²) < 4.78 is 5.43. The highest BCUT2D eigenvalue weighted by atomic mass is 16.5. The standard InChI is InChI=1S/C23H17NO4/c1-12(2)23(27)28-18-8-4-5-15-16(18)6-3-7-17(15)24-21(25)19-13-9-10-14(11-13)20(19)22(24)26/h3-10,13-14H,1,11H2,2H3. The molecule has 3 aliphatic rings. The van der Waals surface area contributed by atoms with Crippen LogP contribution in [0.5, 0.6) is 5.75 Å². The molecule has 0 saturated carbocycles. The van der Waals surface area contributed by atoms with Gasteiger partial charge in [0.15, 0.2) is 0 Å². The van der Waals surface area contributed by atoms with Crippen LogP contribution in [0.4, 0.5) is 5.69 Å². The van der Waals surface area contributed by atoms with Gasteiger partial charge in [-0.25, -0.2) is 9.69 Å². The third-order valence-corrected chi connectivity index (χ3v) is 5.63. The minimum absolute atomic E-state index is 0.0449. The molecule has 5 nitrogen and oxygen atoms in total. The number of esters is 1. The number of amides is 2. The van der Waals surface area contributed by atoms with Gasteiger partial charge >= 0.3 is 5.97 Å². The van der Waals surface area contributed by atoms with Gasteiger partial charge in [0.05, 0.1) is 5.69 Å². The van der Waals surface area contributed by atoms with Crippen molar-refractivity contribution < 1.29 is 19.1 Å². The lowest BCUT2D eigenvalue weighted by Gasteiger charge is -2.20. The van der Waals surface area contributed by atoms with Gasteiger partial charge in [0.1, 0.15) is 5.75 Å². The van der Waals surface area contributed by atoms with Gasteiger partial charge in [0, 0.05) is 39.3 Å². The summed E-state index contributed by atoms with van der Waals surface area (Å²) in [5, 5.41) is 1.33. The molecule has 2 amide bonds. The third kappa shape index (κ3) is 2.16. The topological polar surface area (TPSA) is 63.7 Å². The molecule has 2 bridgehead atoms. The highest BCUT2D eigenvalue weighted by Gasteiger charge is 2.50. The van der Waals surface area contributed by atoms with Gasteiger partial charge in [-0.15, -0.1) is 0 Å². The predicted molar refractivity (Wildman–Crippen MR) is 105 cm³/mol. The summed E-state index contributed by atoms with van der Waals surface area (Å²) in [6, 6.07) is 10.6. The van der Waals surface area contributed by atoms with Crippen LogP contribution in [0.3, 0.4) is 0 Å². The summed E-state index contributed by atoms with van der Waals surface area (Å²) in [6.45, 7) is 5.18. The van der Waals surface area contributed by atoms with Gasteiger partial charge in [-0.05, 0) is 25.5 Å². The maximum atomic E-state index is 13.1. The molecule has 5 rings (SSSR count). The van der Waals surface area contributed by atoms with E-state index in [9.17, 15) is 14.4 Å². The normalized spacial score (nSPS) is 22.4. The van der Waals surface area contributed by atoms with E-state index in [4.69, 9.17) is 4.74 Å². The zero-order valence-electron chi connectivity index (χ0n) is 15.3. The molecule has 2 aromatic rings. The number of ether oxygens (including phenoxy) is 1. The molecule has 2 aromatic carbocycles. The Bertz CT molecular complexity index is 1140. The fourth-order valence-electron chi connectivity index (χ4n) is 4.36. The Morgan fingerprint density at radius 2 is 1.61 bits per heavy atom. The van der Waals surface area contributed by atoms with E-state index < -0.39 is 5.97 Å². The Hall–Kier alpha value is -3.47. The molecule has 1 heterocycles. The van der Waals surface area contributed by atoms with E-state index in [0.717, 1.165) is 6.42 Å². The maximum Gasteiger partial charge on any atom is 0.338 e. The van der Waals surface area contributed by atoms with E-state index in [-0.39, 0.29) is 23.7 Å². The molecule has 138 valence electrons. The number of carbonyl (C=O) groups excluding carboxylic acids is 3. The third-order valence-electron chi connectivity index (χ3n) is 5.63. The van der Waals surface area contributed by atoms with E-state index in [1.54, 1.807) is 37.3 Å². The summed E-state index contributed by atoms with van der Waals surface area (Å²) in [4.78, 5) is 39.4. The van der Waals surface area contributed by atoms with Crippen LogP contribution in [0.15, 0.2) is 71.8 Å². The van der Waals surface area contributed by atoms with Crippen LogP contribution in [0.25, 0.3) is 10.8 Å². The van der Waals surface area contributed by atoms with Crippen LogP contribution < -0.4 is 9.64 Å². The van der Waals surface area contributed by atoms with Crippen molar-refractivity contribution >= 4 is 34.2 Å². The van der Waals surface area contributed by atoms with Crippen LogP contribution in [-0.2, 0) is 14.4 Å². The summed E-state index contributed by atoms with van der Waals surface area (Å²) >= 11 is 0. The fourth-order valence-corrected chi connectivity index (χ4v) is 4.36. The smallest absolute Gasteiger partial charge is 0.338 e. The predicted octanol–water partition coefficient (Wildman–Crippen LogP) is 3.70. The maximum absolute atomic E-state index is 13.1. The summed E-state index contributed by atoms with van der Waals surface area (Å²) in [5.74, 6) is -0.544. The number of hydrogen-bond donors (Lipinski definition) is 0. The second-order valence-electron chi connectivity index (χ2n) is 7.40. The molecule has 0 radical (unpaired) electrons. The number of hydrogen-bond acceptors (Lipinski definition) is 4. The summed E-state index contributed by atoms with van der Waals surface area (Å²) in [7, 11) is 0. The molecule has 2 atom stereocenters. The molecule has 0 aromatic heterocycles. The SMILES string of the molecule is C=C(C)C(=O)Oc1cccc2c(N3C(=O)C4=C(C3=O)C3C=CC4C3)cccc12. The number of carbonyl (C=O) groups is 3. The molecule has 28 heavy (non-hydrogen) atoms. The first-order valence-electron chi connectivity index (χ1n) is 9.18. The minimum atomic E-state index is -0.519. The molecule has 0 N–H and O–H groups in total. The van der Waals surface area contributed by atoms with Crippen molar-refractivity contribution in [1.82, 2.24) is 0 Å². The lowest BCUT2D eigenvalue weighted by Crippen LogP contribution is -2.33. The van der Waals surface area contributed by atoms with Gasteiger partial charge in [-0.3, -0.25) is 9.59 Å². The minimum Gasteiger partial charge on any atom is -0.423 e. The number of allylic oxidation sites excluding steroid dienone is 2. The Balaban J connectivity index is 1.60. The zero-order chi connectivity index (χ0) is 19.6. The van der Waals surface area contributed by atoms with Gasteiger partial charge in [0.2, 0.25) is 0 Å². The van der Waals surface area contributed by atoms with E-state index in [0.29, 0.717) is 38.9 Å². The largest absolute Gasteiger partial charge is 0.423 e. The van der Waals surface area contributed by atoms with E-state index in [1.807, 2.05) is 18.2 Å². The molecule has 2 aliphatic carbocycles. The van der Waals surface area contributed by atoms with Crippen LogP contribution >= 0.6 is 0 Å². The molecular weight excluding hydrogens is 354 g/mol. The first kappa shape index (κ1) is 16.7. The second-order valence-corrected chi connectivity index (χ2v) is 7.40. The number of rotatable bonds is 3. The van der Waals surface area contributed by atoms with Crippen molar-refractivity contribution in [3.63, 3.8) is 0 Å². The van der Waals surface area contributed by atoms with Crippen LogP contribution in [0.2, 0.25) is 0 Å². The number of imide groups is 1. The Morgan fingerprint density at radius 3 is 2.25 bits per heavy atom. The van der Waals surface area contributed by atoms with E-state index in [2.05, 4.69) is 6.58 Å². The molecule has 2 unspecified atom stereocenters. The number of benzene rings is 2. The van der Waals surface area contributed by atoms with Crippen LogP contribution in [-0.4, -0.2) is 17.8 Å². The average molecular weight is 371 g/mol. The van der Waals surface area contributed by atoms with Crippen LogP contribution in [0, 0.1) is 11.8 Å². The molecule has 1 aliphatic heterocycles. The van der Waals surface area contributed by atoms with Crippen molar-refractivity contribution in [1.29, 1.82) is 0 Å². The van der Waals surface area contributed by atoms with Crippen molar-refractivity contribution in [2.75, 3.05) is 4.90 Å². The van der Waals surface area contributed by atoms with Gasteiger partial charge in [-0.1, -0.05) is 43.0 Å². The Labute approximate surface area is 161 Å². The number of anilines is 1. The van der Waals surface area contributed by atoms with E-state index >= 15 is 0 Å². The molecular formula is C23H17NO4. The van der Waals surface area contributed by atoms with Crippen molar-refractivity contribution in [3.8, 4) is 5.75 Å². The van der Waals surface area contributed by atoms with Crippen molar-refractivity contribution in [2.24, 2.45) is 11.8 Å². The number of fused-ring (bicyclic) bond motifs is 5. The van der Waals surface area contributed by atoms with Gasteiger partial charge < -0.3 is 4.74 Å². The Morgan fingerprint density at radius 1 is 1.00 bits per heavy atom. The second kappa shape index (κ2) is 5.76. The average Bonchev–Trinajstić information content (AvgIpc) is 3.36. The quantitative estimate of drug-likeness (QED) is 0.271. The summed E-state index contributed by atoms with van der Waals surface area (Å²) in [6.07, 6.45) is 4.87. The van der Waals surface area contributed by atoms with Gasteiger partial charge in [-0.2, -0.15) is 0 Å². The highest BCUT2D eigenvalue weighted by Crippen LogP contribution is 2.49. The van der Waals surface area contributed by atoms with Crippen molar-refractivity contribution in [2.45, 2.75) is 13.3 Å². The van der Waals surface area contributed by atoms with Gasteiger partial charge in [0.25, 0.3) is 11.8 Å². The molecule has 5 heteroatoms. The lowest BCUT2D eigenvalue weighted by atomic mass is 9.99. The first-order chi connectivity index (χ1) is 13.5. The van der Waals surface area contributed by atoms with Crippen molar-refractivity contribution in [3.05, 3.63) is 71.8 Å².